The largest absolute Gasteiger partial charge is 0.493 e. The van der Waals surface area contributed by atoms with Gasteiger partial charge in [-0.05, 0) is 55.0 Å². The Morgan fingerprint density at radius 3 is 2.50 bits per heavy atom. The van der Waals surface area contributed by atoms with E-state index in [1.165, 1.54) is 43.5 Å². The van der Waals surface area contributed by atoms with Crippen molar-refractivity contribution in [2.75, 3.05) is 23.8 Å². The van der Waals surface area contributed by atoms with Crippen LogP contribution in [0.5, 0.6) is 11.5 Å². The molecule has 3 aromatic rings. The maximum atomic E-state index is 13.8. The average Bonchev–Trinajstić information content (AvgIpc) is 2.79. The van der Waals surface area contributed by atoms with Crippen molar-refractivity contribution in [3.8, 4) is 11.5 Å². The van der Waals surface area contributed by atoms with Crippen LogP contribution in [0.3, 0.4) is 0 Å². The van der Waals surface area contributed by atoms with Crippen molar-refractivity contribution in [1.29, 1.82) is 0 Å². The lowest BCUT2D eigenvalue weighted by atomic mass is 10.2. The second-order valence-corrected chi connectivity index (χ2v) is 8.46. The third kappa shape index (κ3) is 5.55. The van der Waals surface area contributed by atoms with E-state index >= 15 is 0 Å². The summed E-state index contributed by atoms with van der Waals surface area (Å²) in [6, 6.07) is 15.9. The van der Waals surface area contributed by atoms with Gasteiger partial charge in [-0.2, -0.15) is 0 Å². The minimum absolute atomic E-state index is 0.126. The van der Waals surface area contributed by atoms with Crippen molar-refractivity contribution < 1.29 is 27.1 Å². The number of halogens is 1. The molecule has 2 N–H and O–H groups in total. The summed E-state index contributed by atoms with van der Waals surface area (Å²) in [4.78, 5) is 12.6. The van der Waals surface area contributed by atoms with Crippen LogP contribution in [0.25, 0.3) is 0 Å². The molecule has 32 heavy (non-hydrogen) atoms. The monoisotopic (exact) mass is 458 g/mol. The Morgan fingerprint density at radius 2 is 1.78 bits per heavy atom. The fourth-order valence-corrected chi connectivity index (χ4v) is 3.94. The van der Waals surface area contributed by atoms with Crippen molar-refractivity contribution >= 4 is 27.3 Å². The van der Waals surface area contributed by atoms with Gasteiger partial charge in [-0.1, -0.05) is 25.1 Å². The van der Waals surface area contributed by atoms with E-state index < -0.39 is 21.7 Å². The Kier molecular flexibility index (Phi) is 7.32. The summed E-state index contributed by atoms with van der Waals surface area (Å²) < 4.78 is 52.2. The van der Waals surface area contributed by atoms with Gasteiger partial charge in [-0.15, -0.1) is 0 Å². The number of hydrogen-bond donors (Lipinski definition) is 2. The first-order chi connectivity index (χ1) is 15.3. The lowest BCUT2D eigenvalue weighted by molar-refractivity contribution is 0.102. The molecule has 3 aromatic carbocycles. The van der Waals surface area contributed by atoms with E-state index in [0.717, 1.165) is 12.5 Å². The highest BCUT2D eigenvalue weighted by Crippen LogP contribution is 2.29. The van der Waals surface area contributed by atoms with Crippen molar-refractivity contribution in [2.45, 2.75) is 18.2 Å². The van der Waals surface area contributed by atoms with E-state index in [1.807, 2.05) is 6.92 Å². The zero-order valence-electron chi connectivity index (χ0n) is 17.6. The molecular weight excluding hydrogens is 435 g/mol. The van der Waals surface area contributed by atoms with Gasteiger partial charge in [-0.25, -0.2) is 12.8 Å². The number of rotatable bonds is 9. The lowest BCUT2D eigenvalue weighted by Crippen LogP contribution is -2.15. The fraction of sp³-hybridized carbons (Fsp3) is 0.174. The van der Waals surface area contributed by atoms with E-state index in [1.54, 1.807) is 24.3 Å². The van der Waals surface area contributed by atoms with Crippen LogP contribution in [-0.4, -0.2) is 28.0 Å². The van der Waals surface area contributed by atoms with E-state index in [4.69, 9.17) is 9.47 Å². The predicted octanol–water partition coefficient (Wildman–Crippen LogP) is 4.68. The first kappa shape index (κ1) is 23.1. The van der Waals surface area contributed by atoms with Crippen LogP contribution in [0.15, 0.2) is 71.6 Å². The number of benzene rings is 3. The first-order valence-electron chi connectivity index (χ1n) is 9.83. The van der Waals surface area contributed by atoms with Crippen LogP contribution in [0.4, 0.5) is 15.8 Å². The Balaban J connectivity index is 1.78. The van der Waals surface area contributed by atoms with Crippen LogP contribution in [0, 0.1) is 5.82 Å². The first-order valence-corrected chi connectivity index (χ1v) is 11.3. The van der Waals surface area contributed by atoms with Gasteiger partial charge in [0.25, 0.3) is 15.9 Å². The highest BCUT2D eigenvalue weighted by molar-refractivity contribution is 7.92. The lowest BCUT2D eigenvalue weighted by Gasteiger charge is -2.13. The third-order valence-electron chi connectivity index (χ3n) is 4.41. The Bertz CT molecular complexity index is 1210. The molecule has 0 atom stereocenters. The molecule has 0 fully saturated rings. The summed E-state index contributed by atoms with van der Waals surface area (Å²) in [5.41, 5.74) is 0.402. The standard InChI is InChI=1S/C23H23FN2O5S/c1-3-13-31-21-12-11-16(14-22(21)30-2)23(27)25-17-7-6-8-18(15-17)32(28,29)26-20-10-5-4-9-19(20)24/h4-12,14-15,26H,3,13H2,1-2H3,(H,25,27). The summed E-state index contributed by atoms with van der Waals surface area (Å²) in [6.45, 7) is 2.50. The number of carbonyl (C=O) groups is 1. The van der Waals surface area contributed by atoms with Crippen molar-refractivity contribution in [1.82, 2.24) is 0 Å². The molecular formula is C23H23FN2O5S. The summed E-state index contributed by atoms with van der Waals surface area (Å²) >= 11 is 0. The molecule has 0 aromatic heterocycles. The molecule has 0 aliphatic heterocycles. The number of sulfonamides is 1. The van der Waals surface area contributed by atoms with Gasteiger partial charge in [0.1, 0.15) is 5.82 Å². The van der Waals surface area contributed by atoms with E-state index in [2.05, 4.69) is 10.0 Å². The van der Waals surface area contributed by atoms with Gasteiger partial charge in [0.05, 0.1) is 24.3 Å². The molecule has 0 saturated heterocycles. The number of hydrogen-bond acceptors (Lipinski definition) is 5. The maximum absolute atomic E-state index is 13.8. The Hall–Kier alpha value is -3.59. The average molecular weight is 459 g/mol. The van der Waals surface area contributed by atoms with Crippen LogP contribution in [-0.2, 0) is 10.0 Å². The molecule has 0 aliphatic rings. The Morgan fingerprint density at radius 1 is 1.00 bits per heavy atom. The second-order valence-electron chi connectivity index (χ2n) is 6.78. The number of ether oxygens (including phenoxy) is 2. The highest BCUT2D eigenvalue weighted by Gasteiger charge is 2.18. The molecule has 0 unspecified atom stereocenters. The molecule has 168 valence electrons. The smallest absolute Gasteiger partial charge is 0.262 e. The topological polar surface area (TPSA) is 93.7 Å². The minimum Gasteiger partial charge on any atom is -0.493 e. The van der Waals surface area contributed by atoms with Gasteiger partial charge in [0, 0.05) is 11.3 Å². The number of nitrogens with one attached hydrogen (secondary N) is 2. The SMILES string of the molecule is CCCOc1ccc(C(=O)Nc2cccc(S(=O)(=O)Nc3ccccc3F)c2)cc1OC. The van der Waals surface area contributed by atoms with Crippen LogP contribution in [0.2, 0.25) is 0 Å². The summed E-state index contributed by atoms with van der Waals surface area (Å²) in [5.74, 6) is -0.211. The van der Waals surface area contributed by atoms with Gasteiger partial charge in [0.15, 0.2) is 11.5 Å². The molecule has 9 heteroatoms. The van der Waals surface area contributed by atoms with Gasteiger partial charge in [-0.3, -0.25) is 9.52 Å². The molecule has 0 saturated carbocycles. The minimum atomic E-state index is -4.06. The van der Waals surface area contributed by atoms with Gasteiger partial charge in [0.2, 0.25) is 0 Å². The normalized spacial score (nSPS) is 11.0. The molecule has 1 amide bonds. The molecule has 0 heterocycles. The van der Waals surface area contributed by atoms with Crippen molar-refractivity contribution in [3.63, 3.8) is 0 Å². The van der Waals surface area contributed by atoms with E-state index in [0.29, 0.717) is 23.7 Å². The van der Waals surface area contributed by atoms with Crippen molar-refractivity contribution in [2.24, 2.45) is 0 Å². The molecule has 7 nitrogen and oxygen atoms in total. The van der Waals surface area contributed by atoms with E-state index in [-0.39, 0.29) is 16.3 Å². The predicted molar refractivity (Wildman–Crippen MR) is 120 cm³/mol. The van der Waals surface area contributed by atoms with Gasteiger partial charge < -0.3 is 14.8 Å². The summed E-state index contributed by atoms with van der Waals surface area (Å²) in [6.07, 6.45) is 0.830. The quantitative estimate of drug-likeness (QED) is 0.486. The molecule has 0 bridgehead atoms. The van der Waals surface area contributed by atoms with Gasteiger partial charge >= 0.3 is 0 Å². The van der Waals surface area contributed by atoms with Crippen LogP contribution in [0.1, 0.15) is 23.7 Å². The number of anilines is 2. The summed E-state index contributed by atoms with van der Waals surface area (Å²) in [7, 11) is -2.58. The molecule has 0 spiro atoms. The molecule has 3 rings (SSSR count). The Labute approximate surface area is 186 Å². The maximum Gasteiger partial charge on any atom is 0.262 e. The second kappa shape index (κ2) is 10.1. The number of amides is 1. The van der Waals surface area contributed by atoms with E-state index in [9.17, 15) is 17.6 Å². The molecule has 0 radical (unpaired) electrons. The highest BCUT2D eigenvalue weighted by atomic mass is 32.2. The fourth-order valence-electron chi connectivity index (χ4n) is 2.83. The summed E-state index contributed by atoms with van der Waals surface area (Å²) in [5, 5.41) is 2.66. The van der Waals surface area contributed by atoms with Crippen LogP contribution < -0.4 is 19.5 Å². The number of methoxy groups -OCH3 is 1. The number of para-hydroxylation sites is 1. The third-order valence-corrected chi connectivity index (χ3v) is 5.77. The number of carbonyl (C=O) groups excluding carboxylic acids is 1. The molecule has 0 aliphatic carbocycles. The van der Waals surface area contributed by atoms with Crippen molar-refractivity contribution in [3.05, 3.63) is 78.1 Å². The zero-order valence-corrected chi connectivity index (χ0v) is 18.4. The van der Waals surface area contributed by atoms with Crippen LogP contribution >= 0.6 is 0 Å². The zero-order chi connectivity index (χ0) is 23.1.